The minimum Gasteiger partial charge on any atom is -0.481 e. The lowest BCUT2D eigenvalue weighted by Crippen LogP contribution is -2.57. The molecule has 1 aromatic carbocycles. The highest BCUT2D eigenvalue weighted by Crippen LogP contribution is 2.38. The van der Waals surface area contributed by atoms with Crippen molar-refractivity contribution in [3.63, 3.8) is 0 Å². The molecule has 4 aliphatic rings. The van der Waals surface area contributed by atoms with Gasteiger partial charge in [-0.15, -0.1) is 0 Å². The number of hydrogen-bond acceptors (Lipinski definition) is 24. The number of amides is 15. The molecule has 15 amide bonds. The number of nitrogens with zero attached hydrogens (tertiary/aromatic N) is 2. The van der Waals surface area contributed by atoms with Crippen molar-refractivity contribution in [2.75, 3.05) is 110 Å². The Morgan fingerprint density at radius 2 is 0.493 bits per heavy atom. The molecule has 40 heteroatoms. The number of anilines is 1. The highest BCUT2D eigenvalue weighted by molar-refractivity contribution is 6.05. The van der Waals surface area contributed by atoms with Gasteiger partial charge in [-0.1, -0.05) is 122 Å². The molecule has 40 nitrogen and oxygen atoms in total. The average molecular weight is 2040 g/mol. The van der Waals surface area contributed by atoms with Gasteiger partial charge in [-0.25, -0.2) is 0 Å². The summed E-state index contributed by atoms with van der Waals surface area (Å²) in [5.41, 5.74) is -0.683. The molecule has 14 N–H and O–H groups in total. The summed E-state index contributed by atoms with van der Waals surface area (Å²) in [6.45, 7) is 29.5. The molecule has 144 heavy (non-hydrogen) atoms. The molecule has 818 valence electrons. The van der Waals surface area contributed by atoms with E-state index in [1.165, 1.54) is 39.8 Å². The van der Waals surface area contributed by atoms with Crippen LogP contribution in [0.4, 0.5) is 5.69 Å². The zero-order chi connectivity index (χ0) is 106. The third-order valence-corrected chi connectivity index (χ3v) is 27.9. The average Bonchev–Trinajstić information content (AvgIpc) is 0.826. The Morgan fingerprint density at radius 1 is 0.278 bits per heavy atom. The molecule has 0 aromatic heterocycles. The molecule has 0 spiro atoms. The zero-order valence-electron chi connectivity index (χ0n) is 88.9. The summed E-state index contributed by atoms with van der Waals surface area (Å²) in [5.74, 6) is -6.79. The normalized spacial score (nSPS) is 23.9. The molecule has 20 unspecified atom stereocenters. The standard InChI is InChI=1S/C104H177N15O25/c1-17-81-66(5)70(9)95(113-74(13)120)101(141-81)137-55-33-29-41-85(124)105-47-37-51-109-90(129)62-118(63-91(130)110-52-38-48-106-86(125)42-30-34-56-138-102-96(114-75(14)121)71(10)67(6)82(18-2)142-102)99(135)78-59-79(61-80(60-78)117-89(128)45-27-25-23-21-22-24-26-28-46-94(133)134)100(136)119(64-92(131)111-53-39-49-107-87(126)43-31-35-57-139-103-97(115-76(15)122)72(11)68(7)83(19-3)143-103)65-93(132)112-54-40-50-108-88(127)44-32-36-58-140-104-98(116-77(16)123)73(12)69(8)84(20-4)144-104/h59-61,66-73,81-84,95-98,101-104H,17-58,62-65H2,1-16H3,(H,105,124)(H,106,125)(H,107,126)(H,108,127)(H,109,129)(H,110,130)(H,111,131)(H,112,132)(H,113,120)(H,114,121)(H,115,122)(H,116,123)(H,117,128)(H,133,134). The summed E-state index contributed by atoms with van der Waals surface area (Å²) in [4.78, 5) is 216. The van der Waals surface area contributed by atoms with Crippen LogP contribution in [-0.2, 0) is 105 Å². The highest BCUT2D eigenvalue weighted by Gasteiger charge is 2.46. The van der Waals surface area contributed by atoms with Gasteiger partial charge in [0.2, 0.25) is 76.8 Å². The summed E-state index contributed by atoms with van der Waals surface area (Å²) in [6, 6.07) is 2.33. The monoisotopic (exact) mass is 2040 g/mol. The largest absolute Gasteiger partial charge is 0.481 e. The summed E-state index contributed by atoms with van der Waals surface area (Å²) in [5, 5.41) is 46.3. The molecule has 4 saturated heterocycles. The van der Waals surface area contributed by atoms with Crippen LogP contribution < -0.4 is 69.1 Å². The number of carbonyl (C=O) groups is 16. The molecule has 0 saturated carbocycles. The second-order valence-electron chi connectivity index (χ2n) is 39.5. The van der Waals surface area contributed by atoms with Gasteiger partial charge in [-0.05, 0) is 181 Å². The molecule has 0 radical (unpaired) electrons. The van der Waals surface area contributed by atoms with Crippen molar-refractivity contribution in [2.24, 2.45) is 47.3 Å². The molecule has 5 rings (SSSR count). The molecule has 4 aliphatic heterocycles. The van der Waals surface area contributed by atoms with Crippen LogP contribution in [0.1, 0.15) is 324 Å². The van der Waals surface area contributed by atoms with Crippen LogP contribution in [0.15, 0.2) is 18.2 Å². The Morgan fingerprint density at radius 3 is 0.722 bits per heavy atom. The van der Waals surface area contributed by atoms with E-state index >= 15 is 9.59 Å². The fourth-order valence-corrected chi connectivity index (χ4v) is 18.7. The van der Waals surface area contributed by atoms with Crippen LogP contribution in [0, 0.1) is 47.3 Å². The van der Waals surface area contributed by atoms with Gasteiger partial charge in [-0.2, -0.15) is 0 Å². The van der Waals surface area contributed by atoms with Crippen molar-refractivity contribution in [1.82, 2.24) is 73.6 Å². The fourth-order valence-electron chi connectivity index (χ4n) is 18.7. The molecular formula is C104H177N15O25. The van der Waals surface area contributed by atoms with Crippen molar-refractivity contribution in [1.29, 1.82) is 0 Å². The molecule has 4 fully saturated rings. The number of carbonyl (C=O) groups excluding carboxylic acids is 15. The first-order valence-electron chi connectivity index (χ1n) is 53.3. The number of ether oxygens (including phenoxy) is 8. The first-order valence-corrected chi connectivity index (χ1v) is 53.3. The summed E-state index contributed by atoms with van der Waals surface area (Å²) in [7, 11) is 0. The van der Waals surface area contributed by atoms with Crippen molar-refractivity contribution in [3.8, 4) is 0 Å². The first kappa shape index (κ1) is 125. The molecule has 0 bridgehead atoms. The highest BCUT2D eigenvalue weighted by atomic mass is 16.7. The van der Waals surface area contributed by atoms with E-state index in [2.05, 4.69) is 125 Å². The topological polar surface area (TPSA) is 530 Å². The Hall–Kier alpha value is -9.58. The van der Waals surface area contributed by atoms with Crippen LogP contribution in [0.25, 0.3) is 0 Å². The van der Waals surface area contributed by atoms with Crippen molar-refractivity contribution in [3.05, 3.63) is 29.3 Å². The smallest absolute Gasteiger partial charge is 0.303 e. The van der Waals surface area contributed by atoms with Crippen molar-refractivity contribution in [2.45, 2.75) is 377 Å². The van der Waals surface area contributed by atoms with Crippen molar-refractivity contribution < 1.29 is 120 Å². The van der Waals surface area contributed by atoms with Gasteiger partial charge in [0, 0.05) is 162 Å². The number of aliphatic carboxylic acids is 1. The number of carboxylic acids is 1. The number of benzene rings is 1. The number of unbranched alkanes of at least 4 members (excludes halogenated alkanes) is 11. The summed E-state index contributed by atoms with van der Waals surface area (Å²) < 4.78 is 49.7. The summed E-state index contributed by atoms with van der Waals surface area (Å²) >= 11 is 0. The predicted molar refractivity (Wildman–Crippen MR) is 542 cm³/mol. The molecule has 4 heterocycles. The SMILES string of the molecule is CCC1OC(OCCCCC(=O)NCCCNC(=O)CN(CC(=O)NCCCNC(=O)CCCCOC2OC(CC)C(C)C(C)C2NC(C)=O)C(=O)c2cc(NC(=O)CCCCCCCCCCC(=O)O)cc(C(=O)N(CC(=O)NCCCNC(=O)CCCCOC3OC(CC)C(C)C(C)C3NC(C)=O)CC(=O)NCCCNC(=O)CCCCOC3OC(CC)C(C)C(C)C3NC(C)=O)c2)C(NC(C)=O)C(C)C1C. The van der Waals surface area contributed by atoms with E-state index < -0.39 is 98.7 Å². The van der Waals surface area contributed by atoms with Gasteiger partial charge in [0.1, 0.15) is 26.2 Å². The predicted octanol–water partition coefficient (Wildman–Crippen LogP) is 8.38. The van der Waals surface area contributed by atoms with Gasteiger partial charge in [0.25, 0.3) is 11.8 Å². The van der Waals surface area contributed by atoms with Crippen molar-refractivity contribution >= 4 is 100 Å². The van der Waals surface area contributed by atoms with E-state index in [0.717, 1.165) is 73.7 Å². The quantitative estimate of drug-likeness (QED) is 0.0272. The van der Waals surface area contributed by atoms with Crippen LogP contribution >= 0.6 is 0 Å². The van der Waals surface area contributed by atoms with E-state index in [0.29, 0.717) is 70.6 Å². The lowest BCUT2D eigenvalue weighted by Gasteiger charge is -2.44. The van der Waals surface area contributed by atoms with E-state index in [1.807, 2.05) is 27.7 Å². The van der Waals surface area contributed by atoms with Gasteiger partial charge >= 0.3 is 5.97 Å². The lowest BCUT2D eigenvalue weighted by atomic mass is 9.81. The maximum atomic E-state index is 15.4. The second-order valence-corrected chi connectivity index (χ2v) is 39.5. The maximum absolute atomic E-state index is 15.4. The number of rotatable bonds is 70. The minimum atomic E-state index is -0.969. The lowest BCUT2D eigenvalue weighted by molar-refractivity contribution is -0.236. The van der Waals surface area contributed by atoms with E-state index in [-0.39, 0.29) is 303 Å². The molecular weight excluding hydrogens is 1860 g/mol. The molecule has 1 aromatic rings. The fraction of sp³-hybridized carbons (Fsp3) is 0.788. The molecule has 20 atom stereocenters. The number of carboxylic acid groups (broad SMARTS) is 1. The van der Waals surface area contributed by atoms with Gasteiger partial charge in [-0.3, -0.25) is 76.7 Å². The maximum Gasteiger partial charge on any atom is 0.303 e. The zero-order valence-corrected chi connectivity index (χ0v) is 88.9. The van der Waals surface area contributed by atoms with E-state index in [1.54, 1.807) is 0 Å². The minimum absolute atomic E-state index is 0.00318. The van der Waals surface area contributed by atoms with E-state index in [9.17, 15) is 67.1 Å². The number of hydrogen-bond donors (Lipinski definition) is 14. The van der Waals surface area contributed by atoms with Crippen LogP contribution in [0.5, 0.6) is 0 Å². The van der Waals surface area contributed by atoms with Gasteiger partial charge in [0.15, 0.2) is 25.2 Å². The summed E-state index contributed by atoms with van der Waals surface area (Å²) in [6.07, 6.45) is 12.0. The Kier molecular flexibility index (Phi) is 60.3. The third kappa shape index (κ3) is 47.5. The van der Waals surface area contributed by atoms with Gasteiger partial charge in [0.05, 0.1) is 48.6 Å². The Balaban J connectivity index is 1.35. The van der Waals surface area contributed by atoms with Gasteiger partial charge < -0.3 is 122 Å². The van der Waals surface area contributed by atoms with Crippen LogP contribution in [0.3, 0.4) is 0 Å². The molecule has 0 aliphatic carbocycles. The van der Waals surface area contributed by atoms with E-state index in [4.69, 9.17) is 43.0 Å². The Bertz CT molecular complexity index is 3710. The second kappa shape index (κ2) is 69.5. The first-order chi connectivity index (χ1) is 68.8. The van der Waals surface area contributed by atoms with Crippen LogP contribution in [0.2, 0.25) is 0 Å². The number of nitrogens with one attached hydrogen (secondary N) is 13. The Labute approximate surface area is 853 Å². The third-order valence-electron chi connectivity index (χ3n) is 27.9. The van der Waals surface area contributed by atoms with Crippen LogP contribution in [-0.4, -0.2) is 288 Å².